The second-order valence-electron chi connectivity index (χ2n) is 9.05. The summed E-state index contributed by atoms with van der Waals surface area (Å²) in [6.45, 7) is 8.58. The number of oxazole rings is 1. The van der Waals surface area contributed by atoms with Crippen LogP contribution in [0.15, 0.2) is 28.7 Å². The molecule has 2 heterocycles. The molecule has 194 valence electrons. The highest BCUT2D eigenvalue weighted by molar-refractivity contribution is 5.97. The SMILES string of the molecule is CCOC(=O)c1nc(-c2ccc(OC)c3nc(C(F)(F)F)ccc23)oc1[C@H](C)CC(=O)OC(C)(C)C. The Kier molecular flexibility index (Phi) is 7.61. The number of nitrogens with zero attached hydrogens (tertiary/aromatic N) is 2. The number of carbonyl (C=O) groups excluding carboxylic acids is 2. The molecular formula is C25H27F3N2O6. The summed E-state index contributed by atoms with van der Waals surface area (Å²) in [5, 5.41) is 0.269. The molecule has 3 rings (SSSR count). The van der Waals surface area contributed by atoms with E-state index >= 15 is 0 Å². The summed E-state index contributed by atoms with van der Waals surface area (Å²) < 4.78 is 61.4. The van der Waals surface area contributed by atoms with E-state index in [9.17, 15) is 22.8 Å². The van der Waals surface area contributed by atoms with Crippen molar-refractivity contribution in [3.05, 3.63) is 41.4 Å². The number of fused-ring (bicyclic) bond motifs is 1. The molecule has 0 aliphatic heterocycles. The minimum absolute atomic E-state index is 0.0432. The number of carbonyl (C=O) groups is 2. The summed E-state index contributed by atoms with van der Waals surface area (Å²) in [4.78, 5) is 33.0. The average Bonchev–Trinajstić information content (AvgIpc) is 3.21. The van der Waals surface area contributed by atoms with Crippen molar-refractivity contribution in [1.29, 1.82) is 0 Å². The number of benzene rings is 1. The van der Waals surface area contributed by atoms with Gasteiger partial charge in [0, 0.05) is 16.9 Å². The standard InChI is InChI=1S/C25H27F3N2O6/c1-7-34-23(32)20-21(13(2)12-18(31)36-24(3,4)5)35-22(30-20)15-8-10-16(33-6)19-14(15)9-11-17(29-19)25(26,27)28/h8-11,13H,7,12H2,1-6H3/t13-/m1/s1. The van der Waals surface area contributed by atoms with Gasteiger partial charge in [0.05, 0.1) is 20.1 Å². The van der Waals surface area contributed by atoms with E-state index < -0.39 is 35.3 Å². The first-order chi connectivity index (χ1) is 16.7. The molecule has 0 saturated carbocycles. The normalized spacial score (nSPS) is 12.9. The van der Waals surface area contributed by atoms with Gasteiger partial charge in [0.25, 0.3) is 0 Å². The van der Waals surface area contributed by atoms with Crippen LogP contribution in [0.4, 0.5) is 13.2 Å². The molecule has 0 fully saturated rings. The van der Waals surface area contributed by atoms with Crippen LogP contribution in [0.2, 0.25) is 0 Å². The Morgan fingerprint density at radius 3 is 2.36 bits per heavy atom. The van der Waals surface area contributed by atoms with Crippen molar-refractivity contribution < 1.29 is 41.4 Å². The van der Waals surface area contributed by atoms with Gasteiger partial charge in [-0.1, -0.05) is 6.92 Å². The van der Waals surface area contributed by atoms with Crippen LogP contribution in [-0.2, 0) is 20.4 Å². The fraction of sp³-hybridized carbons (Fsp3) is 0.440. The lowest BCUT2D eigenvalue weighted by Gasteiger charge is -2.20. The first kappa shape index (κ1) is 27.0. The summed E-state index contributed by atoms with van der Waals surface area (Å²) in [6, 6.07) is 5.05. The lowest BCUT2D eigenvalue weighted by molar-refractivity contribution is -0.155. The number of methoxy groups -OCH3 is 1. The van der Waals surface area contributed by atoms with E-state index in [1.54, 1.807) is 40.7 Å². The number of pyridine rings is 1. The lowest BCUT2D eigenvalue weighted by Crippen LogP contribution is -2.24. The molecule has 0 unspecified atom stereocenters. The zero-order valence-corrected chi connectivity index (χ0v) is 20.8. The van der Waals surface area contributed by atoms with Crippen molar-refractivity contribution in [2.75, 3.05) is 13.7 Å². The minimum Gasteiger partial charge on any atom is -0.494 e. The molecule has 1 aromatic carbocycles. The number of halogens is 3. The van der Waals surface area contributed by atoms with E-state index in [-0.39, 0.29) is 52.6 Å². The zero-order chi connectivity index (χ0) is 26.8. The molecule has 36 heavy (non-hydrogen) atoms. The number of ether oxygens (including phenoxy) is 3. The molecule has 0 bridgehead atoms. The Bertz CT molecular complexity index is 1280. The molecule has 8 nitrogen and oxygen atoms in total. The molecule has 0 radical (unpaired) electrons. The zero-order valence-electron chi connectivity index (χ0n) is 20.8. The maximum Gasteiger partial charge on any atom is 0.433 e. The second-order valence-corrected chi connectivity index (χ2v) is 9.05. The van der Waals surface area contributed by atoms with Gasteiger partial charge >= 0.3 is 18.1 Å². The van der Waals surface area contributed by atoms with E-state index in [0.29, 0.717) is 0 Å². The van der Waals surface area contributed by atoms with Crippen LogP contribution in [0.25, 0.3) is 22.4 Å². The first-order valence-electron chi connectivity index (χ1n) is 11.2. The minimum atomic E-state index is -4.65. The summed E-state index contributed by atoms with van der Waals surface area (Å²) in [5.41, 5.74) is -1.68. The fourth-order valence-electron chi connectivity index (χ4n) is 3.55. The molecule has 0 aliphatic rings. The van der Waals surface area contributed by atoms with Crippen LogP contribution in [0.5, 0.6) is 5.75 Å². The van der Waals surface area contributed by atoms with Crippen molar-refractivity contribution in [2.24, 2.45) is 0 Å². The third kappa shape index (κ3) is 5.95. The van der Waals surface area contributed by atoms with Gasteiger partial charge < -0.3 is 18.6 Å². The molecule has 0 spiro atoms. The highest BCUT2D eigenvalue weighted by atomic mass is 19.4. The van der Waals surface area contributed by atoms with Crippen LogP contribution >= 0.6 is 0 Å². The molecule has 3 aromatic rings. The highest BCUT2D eigenvalue weighted by Crippen LogP contribution is 2.38. The van der Waals surface area contributed by atoms with Gasteiger partial charge in [-0.3, -0.25) is 4.79 Å². The number of hydrogen-bond acceptors (Lipinski definition) is 8. The topological polar surface area (TPSA) is 101 Å². The van der Waals surface area contributed by atoms with Crippen LogP contribution in [-0.4, -0.2) is 41.2 Å². The van der Waals surface area contributed by atoms with Gasteiger partial charge in [0.15, 0.2) is 5.69 Å². The molecule has 0 amide bonds. The summed E-state index contributed by atoms with van der Waals surface area (Å²) in [7, 11) is 1.32. The molecule has 0 aliphatic carbocycles. The van der Waals surface area contributed by atoms with E-state index in [4.69, 9.17) is 18.6 Å². The third-order valence-corrected chi connectivity index (χ3v) is 5.02. The Labute approximate surface area is 205 Å². The van der Waals surface area contributed by atoms with Crippen molar-refractivity contribution in [3.8, 4) is 17.2 Å². The number of hydrogen-bond donors (Lipinski definition) is 0. The van der Waals surface area contributed by atoms with E-state index in [2.05, 4.69) is 9.97 Å². The van der Waals surface area contributed by atoms with Gasteiger partial charge in [-0.2, -0.15) is 13.2 Å². The maximum absolute atomic E-state index is 13.3. The van der Waals surface area contributed by atoms with Crippen LogP contribution in [0.1, 0.15) is 68.9 Å². The predicted molar refractivity (Wildman–Crippen MR) is 124 cm³/mol. The first-order valence-corrected chi connectivity index (χ1v) is 11.2. The number of rotatable bonds is 7. The molecule has 2 aromatic heterocycles. The number of alkyl halides is 3. The van der Waals surface area contributed by atoms with E-state index in [1.165, 1.54) is 19.2 Å². The Morgan fingerprint density at radius 2 is 1.78 bits per heavy atom. The van der Waals surface area contributed by atoms with E-state index in [0.717, 1.165) is 6.07 Å². The smallest absolute Gasteiger partial charge is 0.433 e. The molecule has 0 N–H and O–H groups in total. The van der Waals surface area contributed by atoms with Crippen LogP contribution in [0.3, 0.4) is 0 Å². The second kappa shape index (κ2) is 10.2. The van der Waals surface area contributed by atoms with Crippen molar-refractivity contribution in [1.82, 2.24) is 9.97 Å². The van der Waals surface area contributed by atoms with Gasteiger partial charge in [-0.05, 0) is 52.0 Å². The molecule has 1 atom stereocenters. The fourth-order valence-corrected chi connectivity index (χ4v) is 3.55. The van der Waals surface area contributed by atoms with Crippen molar-refractivity contribution in [3.63, 3.8) is 0 Å². The number of aromatic nitrogens is 2. The summed E-state index contributed by atoms with van der Waals surface area (Å²) in [5.74, 6) is -1.69. The van der Waals surface area contributed by atoms with Gasteiger partial charge in [0.2, 0.25) is 5.89 Å². The highest BCUT2D eigenvalue weighted by Gasteiger charge is 2.34. The monoisotopic (exact) mass is 508 g/mol. The Morgan fingerprint density at radius 1 is 1.08 bits per heavy atom. The average molecular weight is 508 g/mol. The van der Waals surface area contributed by atoms with Gasteiger partial charge in [-0.15, -0.1) is 0 Å². The van der Waals surface area contributed by atoms with Gasteiger partial charge in [0.1, 0.15) is 28.3 Å². The van der Waals surface area contributed by atoms with Crippen LogP contribution in [0, 0.1) is 0 Å². The Balaban J connectivity index is 2.12. The molecule has 11 heteroatoms. The van der Waals surface area contributed by atoms with Crippen molar-refractivity contribution in [2.45, 2.75) is 58.7 Å². The van der Waals surface area contributed by atoms with Gasteiger partial charge in [-0.25, -0.2) is 14.8 Å². The third-order valence-electron chi connectivity index (χ3n) is 5.02. The summed E-state index contributed by atoms with van der Waals surface area (Å²) >= 11 is 0. The maximum atomic E-state index is 13.3. The number of esters is 2. The summed E-state index contributed by atoms with van der Waals surface area (Å²) in [6.07, 6.45) is -4.75. The molecular weight excluding hydrogens is 481 g/mol. The van der Waals surface area contributed by atoms with Crippen LogP contribution < -0.4 is 4.74 Å². The van der Waals surface area contributed by atoms with Crippen molar-refractivity contribution >= 4 is 22.8 Å². The quantitative estimate of drug-likeness (QED) is 0.362. The molecule has 0 saturated heterocycles. The predicted octanol–water partition coefficient (Wildman–Crippen LogP) is 5.93. The van der Waals surface area contributed by atoms with E-state index in [1.807, 2.05) is 0 Å². The lowest BCUT2D eigenvalue weighted by atomic mass is 10.0. The Hall–Kier alpha value is -3.63. The largest absolute Gasteiger partial charge is 0.494 e.